The van der Waals surface area contributed by atoms with Gasteiger partial charge in [-0.3, -0.25) is 19.9 Å². The zero-order chi connectivity index (χ0) is 24.3. The third kappa shape index (κ3) is 4.64. The van der Waals surface area contributed by atoms with Gasteiger partial charge in [0.05, 0.1) is 13.3 Å². The number of nitrogens with one attached hydrogen (secondary N) is 3. The van der Waals surface area contributed by atoms with Gasteiger partial charge >= 0.3 is 0 Å². The number of primary amides is 1. The number of aliphatic imine (C=N–C) groups is 1. The molecule has 5 N–H and O–H groups in total. The van der Waals surface area contributed by atoms with E-state index in [1.165, 1.54) is 12.1 Å². The first-order valence-corrected chi connectivity index (χ1v) is 11.5. The van der Waals surface area contributed by atoms with Crippen molar-refractivity contribution in [3.63, 3.8) is 0 Å². The van der Waals surface area contributed by atoms with Gasteiger partial charge in [-0.2, -0.15) is 0 Å². The summed E-state index contributed by atoms with van der Waals surface area (Å²) < 4.78 is 20.7. The third-order valence-corrected chi connectivity index (χ3v) is 6.56. The highest BCUT2D eigenvalue weighted by atomic mass is 35.5. The molecular formula is C24H27ClFN5O3. The number of nitrogens with zero attached hydrogens (tertiary/aromatic N) is 1. The van der Waals surface area contributed by atoms with Gasteiger partial charge in [0.15, 0.2) is 5.54 Å². The molecule has 0 bridgehead atoms. The van der Waals surface area contributed by atoms with Crippen molar-refractivity contribution in [1.29, 1.82) is 0 Å². The number of nitrogens with two attached hydrogens (primary N) is 1. The van der Waals surface area contributed by atoms with Crippen LogP contribution in [-0.4, -0.2) is 43.9 Å². The van der Waals surface area contributed by atoms with E-state index in [9.17, 15) is 14.0 Å². The van der Waals surface area contributed by atoms with E-state index >= 15 is 0 Å². The minimum Gasteiger partial charge on any atom is -0.493 e. The fraction of sp³-hybridized carbons (Fsp3) is 0.375. The van der Waals surface area contributed by atoms with Crippen LogP contribution in [0.15, 0.2) is 41.4 Å². The Morgan fingerprint density at radius 3 is 2.74 bits per heavy atom. The van der Waals surface area contributed by atoms with Crippen molar-refractivity contribution in [2.75, 3.05) is 31.7 Å². The molecule has 2 aliphatic rings. The average molecular weight is 488 g/mol. The molecule has 1 fully saturated rings. The van der Waals surface area contributed by atoms with E-state index in [0.717, 1.165) is 37.6 Å². The molecular weight excluding hydrogens is 461 g/mol. The van der Waals surface area contributed by atoms with Gasteiger partial charge in [-0.1, -0.05) is 17.7 Å². The molecule has 2 heterocycles. The van der Waals surface area contributed by atoms with Gasteiger partial charge < -0.3 is 21.1 Å². The van der Waals surface area contributed by atoms with Gasteiger partial charge in [-0.25, -0.2) is 4.39 Å². The second-order valence-corrected chi connectivity index (χ2v) is 8.89. The van der Waals surface area contributed by atoms with Gasteiger partial charge in [0, 0.05) is 16.3 Å². The lowest BCUT2D eigenvalue weighted by molar-refractivity contribution is -0.123. The Kier molecular flexibility index (Phi) is 7.16. The number of hydrogen-bond donors (Lipinski definition) is 4. The lowest BCUT2D eigenvalue weighted by atomic mass is 9.84. The number of benzene rings is 2. The van der Waals surface area contributed by atoms with E-state index in [2.05, 4.69) is 20.9 Å². The summed E-state index contributed by atoms with van der Waals surface area (Å²) >= 11 is 6.21. The summed E-state index contributed by atoms with van der Waals surface area (Å²) in [5, 5.41) is 8.82. The maximum Gasteiger partial charge on any atom is 0.272 e. The molecule has 1 atom stereocenters. The van der Waals surface area contributed by atoms with E-state index in [1.807, 2.05) is 13.0 Å². The number of amides is 2. The van der Waals surface area contributed by atoms with E-state index in [4.69, 9.17) is 22.1 Å². The summed E-state index contributed by atoms with van der Waals surface area (Å²) in [4.78, 5) is 29.9. The van der Waals surface area contributed by atoms with Crippen LogP contribution in [0.3, 0.4) is 0 Å². The topological polar surface area (TPSA) is 118 Å². The van der Waals surface area contributed by atoms with Gasteiger partial charge in [-0.05, 0) is 74.7 Å². The number of halogens is 2. The molecule has 10 heteroatoms. The van der Waals surface area contributed by atoms with Crippen LogP contribution in [0, 0.1) is 18.7 Å². The fourth-order valence-electron chi connectivity index (χ4n) is 4.38. The van der Waals surface area contributed by atoms with Crippen LogP contribution in [0.4, 0.5) is 10.1 Å². The zero-order valence-corrected chi connectivity index (χ0v) is 19.5. The van der Waals surface area contributed by atoms with Crippen LogP contribution < -0.4 is 26.4 Å². The van der Waals surface area contributed by atoms with Crippen molar-refractivity contribution in [2.45, 2.75) is 25.3 Å². The number of rotatable bonds is 7. The Balaban J connectivity index is 1.53. The summed E-state index contributed by atoms with van der Waals surface area (Å²) in [5.41, 5.74) is 4.46. The third-order valence-electron chi connectivity index (χ3n) is 6.25. The Bertz CT molecular complexity index is 1120. The zero-order valence-electron chi connectivity index (χ0n) is 18.8. The van der Waals surface area contributed by atoms with Crippen molar-refractivity contribution in [3.8, 4) is 5.75 Å². The van der Waals surface area contributed by atoms with Gasteiger partial charge in [0.1, 0.15) is 17.3 Å². The number of aryl methyl sites for hydroxylation is 1. The van der Waals surface area contributed by atoms with Crippen LogP contribution in [0.25, 0.3) is 0 Å². The molecule has 2 amide bonds. The highest BCUT2D eigenvalue weighted by molar-refractivity contribution is 6.50. The lowest BCUT2D eigenvalue weighted by Crippen LogP contribution is -2.58. The van der Waals surface area contributed by atoms with Crippen molar-refractivity contribution < 1.29 is 18.7 Å². The summed E-state index contributed by atoms with van der Waals surface area (Å²) in [6.45, 7) is 4.37. The van der Waals surface area contributed by atoms with Crippen molar-refractivity contribution in [2.24, 2.45) is 16.6 Å². The van der Waals surface area contributed by atoms with Crippen LogP contribution in [0.5, 0.6) is 5.75 Å². The Hall–Kier alpha value is -3.01. The minimum atomic E-state index is -1.99. The van der Waals surface area contributed by atoms with Crippen LogP contribution in [-0.2, 0) is 15.1 Å². The van der Waals surface area contributed by atoms with E-state index in [1.54, 1.807) is 12.1 Å². The molecule has 4 rings (SSSR count). The van der Waals surface area contributed by atoms with Crippen molar-refractivity contribution in [3.05, 3.63) is 58.4 Å². The molecule has 0 radical (unpaired) electrons. The molecule has 0 spiro atoms. The minimum absolute atomic E-state index is 0.0415. The number of piperidine rings is 1. The Labute approximate surface area is 202 Å². The maximum absolute atomic E-state index is 14.8. The first kappa shape index (κ1) is 24.1. The first-order chi connectivity index (χ1) is 16.3. The van der Waals surface area contributed by atoms with Crippen molar-refractivity contribution in [1.82, 2.24) is 10.6 Å². The van der Waals surface area contributed by atoms with E-state index in [-0.39, 0.29) is 23.0 Å². The summed E-state index contributed by atoms with van der Waals surface area (Å²) in [5.74, 6) is -1.22. The normalized spacial score (nSPS) is 20.6. The molecule has 0 aliphatic carbocycles. The summed E-state index contributed by atoms with van der Waals surface area (Å²) in [6.07, 6.45) is 2.16. The molecule has 1 saturated heterocycles. The smallest absolute Gasteiger partial charge is 0.272 e. The quantitative estimate of drug-likeness (QED) is 0.478. The molecule has 2 aromatic carbocycles. The lowest BCUT2D eigenvalue weighted by Gasteiger charge is -2.29. The fourth-order valence-corrected chi connectivity index (χ4v) is 4.69. The Morgan fingerprint density at radius 2 is 2.06 bits per heavy atom. The maximum atomic E-state index is 14.8. The second kappa shape index (κ2) is 10.1. The number of ether oxygens (including phenoxy) is 1. The molecule has 0 saturated carbocycles. The second-order valence-electron chi connectivity index (χ2n) is 8.49. The van der Waals surface area contributed by atoms with Gasteiger partial charge in [0.25, 0.3) is 5.91 Å². The predicted octanol–water partition coefficient (Wildman–Crippen LogP) is 2.49. The first-order valence-electron chi connectivity index (χ1n) is 11.1. The highest BCUT2D eigenvalue weighted by Crippen LogP contribution is 2.35. The van der Waals surface area contributed by atoms with Gasteiger partial charge in [-0.15, -0.1) is 0 Å². The van der Waals surface area contributed by atoms with Crippen LogP contribution in [0.1, 0.15) is 24.0 Å². The molecule has 8 nitrogen and oxygen atoms in total. The number of carbonyl (C=O) groups is 2. The van der Waals surface area contributed by atoms with E-state index < -0.39 is 23.2 Å². The SMILES string of the molecule is Cc1cc(OCC2CCNCC2)ccc1NC(=O)C1=NCNC1(C(N)=O)c1c(F)cccc1Cl. The average Bonchev–Trinajstić information content (AvgIpc) is 3.26. The predicted molar refractivity (Wildman–Crippen MR) is 129 cm³/mol. The van der Waals surface area contributed by atoms with Crippen LogP contribution in [0.2, 0.25) is 5.02 Å². The molecule has 1 unspecified atom stereocenters. The molecule has 180 valence electrons. The standard InChI is InChI=1S/C24H27ClFN5O3/c1-14-11-16(34-12-15-7-9-28-10-8-15)5-6-19(14)31-22(32)21-24(23(27)33,30-13-29-21)20-17(25)3-2-4-18(20)26/h2-6,11,15,28,30H,7-10,12-13H2,1H3,(H2,27,33)(H,31,32). The molecule has 34 heavy (non-hydrogen) atoms. The van der Waals surface area contributed by atoms with E-state index in [0.29, 0.717) is 24.0 Å². The monoisotopic (exact) mass is 487 g/mol. The number of hydrogen-bond acceptors (Lipinski definition) is 6. The molecule has 0 aromatic heterocycles. The van der Waals surface area contributed by atoms with Gasteiger partial charge in [0.2, 0.25) is 5.91 Å². The Morgan fingerprint density at radius 1 is 1.29 bits per heavy atom. The molecule has 2 aromatic rings. The largest absolute Gasteiger partial charge is 0.493 e. The summed E-state index contributed by atoms with van der Waals surface area (Å²) in [6, 6.07) is 9.30. The number of carbonyl (C=O) groups excluding carboxylic acids is 2. The number of anilines is 1. The van der Waals surface area contributed by atoms with Crippen LogP contribution >= 0.6 is 11.6 Å². The highest BCUT2D eigenvalue weighted by Gasteiger charge is 2.52. The summed E-state index contributed by atoms with van der Waals surface area (Å²) in [7, 11) is 0. The molecule has 2 aliphatic heterocycles. The van der Waals surface area contributed by atoms with Crippen molar-refractivity contribution >= 4 is 34.8 Å².